The van der Waals surface area contributed by atoms with Gasteiger partial charge in [-0.15, -0.1) is 0 Å². The van der Waals surface area contributed by atoms with Crippen LogP contribution in [0, 0.1) is 5.92 Å². The lowest BCUT2D eigenvalue weighted by molar-refractivity contribution is -0.144. The van der Waals surface area contributed by atoms with Crippen LogP contribution in [-0.4, -0.2) is 38.4 Å². The highest BCUT2D eigenvalue weighted by atomic mass is 16.5. The molecule has 0 radical (unpaired) electrons. The third-order valence-corrected chi connectivity index (χ3v) is 3.36. The van der Waals surface area contributed by atoms with Gasteiger partial charge in [0.1, 0.15) is 5.92 Å². The Balaban J connectivity index is 2.40. The summed E-state index contributed by atoms with van der Waals surface area (Å²) in [5.74, 6) is -1.88. The molecule has 0 aliphatic carbocycles. The second-order valence-corrected chi connectivity index (χ2v) is 4.69. The van der Waals surface area contributed by atoms with E-state index in [0.717, 1.165) is 11.3 Å². The lowest BCUT2D eigenvalue weighted by Crippen LogP contribution is -2.32. The molecule has 116 valence electrons. The molecular weight excluding hydrogens is 284 g/mol. The van der Waals surface area contributed by atoms with Crippen molar-refractivity contribution in [2.24, 2.45) is 11.0 Å². The van der Waals surface area contributed by atoms with E-state index in [1.54, 1.807) is 5.01 Å². The van der Waals surface area contributed by atoms with Gasteiger partial charge in [-0.3, -0.25) is 9.80 Å². The third kappa shape index (κ3) is 3.00. The van der Waals surface area contributed by atoms with Crippen LogP contribution in [0.4, 0.5) is 5.69 Å². The minimum Gasteiger partial charge on any atom is -0.468 e. The Morgan fingerprint density at radius 3 is 2.64 bits per heavy atom. The fraction of sp³-hybridized carbons (Fsp3) is 0.312. The van der Waals surface area contributed by atoms with Crippen molar-refractivity contribution >= 4 is 29.4 Å². The van der Waals surface area contributed by atoms with Gasteiger partial charge in [-0.25, -0.2) is 4.79 Å². The second-order valence-electron chi connectivity index (χ2n) is 4.69. The molecule has 0 spiro atoms. The lowest BCUT2D eigenvalue weighted by atomic mass is 10.0. The van der Waals surface area contributed by atoms with E-state index in [4.69, 9.17) is 9.47 Å². The predicted molar refractivity (Wildman–Crippen MR) is 83.5 cm³/mol. The maximum absolute atomic E-state index is 11.9. The molecule has 2 rings (SSSR count). The first-order valence-corrected chi connectivity index (χ1v) is 6.86. The quantitative estimate of drug-likeness (QED) is 0.794. The van der Waals surface area contributed by atoms with Gasteiger partial charge in [-0.1, -0.05) is 30.4 Å². The number of carbonyl (C=O) groups excluding carboxylic acids is 2. The Labute approximate surface area is 129 Å². The minimum absolute atomic E-state index is 0.0598. The third-order valence-electron chi connectivity index (χ3n) is 3.36. The monoisotopic (exact) mass is 302 g/mol. The van der Waals surface area contributed by atoms with Crippen molar-refractivity contribution in [3.8, 4) is 0 Å². The molecule has 1 aromatic carbocycles. The van der Waals surface area contributed by atoms with E-state index in [9.17, 15) is 9.59 Å². The smallest absolute Gasteiger partial charge is 0.355 e. The van der Waals surface area contributed by atoms with Crippen LogP contribution in [-0.2, 0) is 19.1 Å². The number of para-hydroxylation sites is 1. The van der Waals surface area contributed by atoms with Crippen LogP contribution >= 0.6 is 0 Å². The standard InChI is InChI=1S/C16H18N2O4/c1-4-7-11-8-5-6-9-13(11)18-10-12(15(19)21-2)14(17-18)16(20)22-3/h4-9,12H,10H2,1-3H3/b7-4+. The highest BCUT2D eigenvalue weighted by Gasteiger charge is 2.39. The number of rotatable bonds is 4. The summed E-state index contributed by atoms with van der Waals surface area (Å²) in [6, 6.07) is 7.61. The first-order chi connectivity index (χ1) is 10.6. The number of esters is 2. The van der Waals surface area contributed by atoms with Crippen molar-refractivity contribution in [3.63, 3.8) is 0 Å². The van der Waals surface area contributed by atoms with Gasteiger partial charge in [0.2, 0.25) is 0 Å². The van der Waals surface area contributed by atoms with Gasteiger partial charge in [-0.2, -0.15) is 5.10 Å². The summed E-state index contributed by atoms with van der Waals surface area (Å²) >= 11 is 0. The van der Waals surface area contributed by atoms with Crippen LogP contribution in [0.15, 0.2) is 35.4 Å². The highest BCUT2D eigenvalue weighted by Crippen LogP contribution is 2.28. The van der Waals surface area contributed by atoms with E-state index in [-0.39, 0.29) is 12.3 Å². The summed E-state index contributed by atoms with van der Waals surface area (Å²) in [7, 11) is 2.54. The molecule has 0 saturated heterocycles. The van der Waals surface area contributed by atoms with Gasteiger partial charge in [0.25, 0.3) is 0 Å². The van der Waals surface area contributed by atoms with Gasteiger partial charge in [0.15, 0.2) is 5.71 Å². The number of hydrogen-bond donors (Lipinski definition) is 0. The lowest BCUT2D eigenvalue weighted by Gasteiger charge is -2.17. The second kappa shape index (κ2) is 6.89. The number of carbonyl (C=O) groups is 2. The van der Waals surface area contributed by atoms with Gasteiger partial charge >= 0.3 is 11.9 Å². The number of anilines is 1. The summed E-state index contributed by atoms with van der Waals surface area (Å²) in [6.07, 6.45) is 3.85. The highest BCUT2D eigenvalue weighted by molar-refractivity contribution is 6.41. The summed E-state index contributed by atoms with van der Waals surface area (Å²) in [5, 5.41) is 5.89. The topological polar surface area (TPSA) is 68.2 Å². The van der Waals surface area contributed by atoms with Crippen LogP contribution in [0.3, 0.4) is 0 Å². The van der Waals surface area contributed by atoms with Crippen molar-refractivity contribution in [2.45, 2.75) is 6.92 Å². The van der Waals surface area contributed by atoms with Gasteiger partial charge in [0.05, 0.1) is 26.5 Å². The molecule has 1 aliphatic heterocycles. The Bertz CT molecular complexity index is 637. The molecule has 1 unspecified atom stereocenters. The van der Waals surface area contributed by atoms with Gasteiger partial charge < -0.3 is 9.47 Å². The van der Waals surface area contributed by atoms with Crippen LogP contribution in [0.5, 0.6) is 0 Å². The molecule has 0 bridgehead atoms. The zero-order valence-corrected chi connectivity index (χ0v) is 12.8. The van der Waals surface area contributed by atoms with Crippen LogP contribution in [0.2, 0.25) is 0 Å². The van der Waals surface area contributed by atoms with Crippen molar-refractivity contribution in [1.82, 2.24) is 0 Å². The molecule has 0 N–H and O–H groups in total. The molecule has 1 aromatic rings. The Hall–Kier alpha value is -2.63. The van der Waals surface area contributed by atoms with E-state index >= 15 is 0 Å². The number of hydrogen-bond acceptors (Lipinski definition) is 6. The van der Waals surface area contributed by atoms with Crippen LogP contribution in [0.1, 0.15) is 12.5 Å². The number of allylic oxidation sites excluding steroid dienone is 1. The number of ether oxygens (including phenoxy) is 2. The van der Waals surface area contributed by atoms with Crippen molar-refractivity contribution in [3.05, 3.63) is 35.9 Å². The number of nitrogens with zero attached hydrogens (tertiary/aromatic N) is 2. The Morgan fingerprint density at radius 2 is 2.00 bits per heavy atom. The molecule has 1 aliphatic rings. The first-order valence-electron chi connectivity index (χ1n) is 6.86. The Morgan fingerprint density at radius 1 is 1.27 bits per heavy atom. The summed E-state index contributed by atoms with van der Waals surface area (Å²) < 4.78 is 9.46. The predicted octanol–water partition coefficient (Wildman–Crippen LogP) is 1.86. The number of hydrazone groups is 1. The molecule has 0 aromatic heterocycles. The molecule has 0 fully saturated rings. The molecule has 6 nitrogen and oxygen atoms in total. The summed E-state index contributed by atoms with van der Waals surface area (Å²) in [4.78, 5) is 23.7. The fourth-order valence-corrected chi connectivity index (χ4v) is 2.31. The van der Waals surface area contributed by atoms with Crippen LogP contribution in [0.25, 0.3) is 6.08 Å². The number of methoxy groups -OCH3 is 2. The number of benzene rings is 1. The molecular formula is C16H18N2O4. The SMILES string of the molecule is C/C=C/c1ccccc1N1CC(C(=O)OC)C(C(=O)OC)=N1. The fourth-order valence-electron chi connectivity index (χ4n) is 2.31. The van der Waals surface area contributed by atoms with Gasteiger partial charge in [-0.05, 0) is 18.6 Å². The summed E-state index contributed by atoms with van der Waals surface area (Å²) in [5.41, 5.74) is 1.82. The van der Waals surface area contributed by atoms with E-state index in [1.807, 2.05) is 43.3 Å². The van der Waals surface area contributed by atoms with E-state index in [2.05, 4.69) is 5.10 Å². The zero-order valence-electron chi connectivity index (χ0n) is 12.8. The largest absolute Gasteiger partial charge is 0.468 e. The molecule has 22 heavy (non-hydrogen) atoms. The minimum atomic E-state index is -0.754. The van der Waals surface area contributed by atoms with Crippen molar-refractivity contribution < 1.29 is 19.1 Å². The Kier molecular flexibility index (Phi) is 4.93. The van der Waals surface area contributed by atoms with Crippen molar-refractivity contribution in [1.29, 1.82) is 0 Å². The molecule has 1 heterocycles. The first kappa shape index (κ1) is 15.8. The zero-order chi connectivity index (χ0) is 16.1. The van der Waals surface area contributed by atoms with Crippen molar-refractivity contribution in [2.75, 3.05) is 25.8 Å². The van der Waals surface area contributed by atoms with E-state index in [1.165, 1.54) is 14.2 Å². The van der Waals surface area contributed by atoms with E-state index < -0.39 is 17.9 Å². The average molecular weight is 302 g/mol. The van der Waals surface area contributed by atoms with E-state index in [0.29, 0.717) is 0 Å². The molecule has 0 amide bonds. The average Bonchev–Trinajstić information content (AvgIpc) is 2.99. The summed E-state index contributed by atoms with van der Waals surface area (Å²) in [6.45, 7) is 2.16. The maximum Gasteiger partial charge on any atom is 0.355 e. The molecule has 6 heteroatoms. The normalized spacial score (nSPS) is 17.5. The molecule has 0 saturated carbocycles. The van der Waals surface area contributed by atoms with Gasteiger partial charge in [0, 0.05) is 0 Å². The van der Waals surface area contributed by atoms with Crippen LogP contribution < -0.4 is 5.01 Å². The molecule has 1 atom stereocenters. The maximum atomic E-state index is 11.9.